The van der Waals surface area contributed by atoms with Gasteiger partial charge in [0.2, 0.25) is 0 Å². The number of carbonyl (C=O) groups excluding carboxylic acids is 1. The first-order valence-corrected chi connectivity index (χ1v) is 4.34. The van der Waals surface area contributed by atoms with Crippen molar-refractivity contribution in [3.05, 3.63) is 29.3 Å². The number of nitrogens with two attached hydrogens (primary N) is 2. The number of rotatable bonds is 4. The number of hydrogen-bond acceptors (Lipinski definition) is 3. The van der Waals surface area contributed by atoms with Crippen LogP contribution < -0.4 is 16.2 Å². The molecule has 0 heterocycles. The molecule has 0 aromatic heterocycles. The maximum absolute atomic E-state index is 10.5. The minimum atomic E-state index is -0.484. The van der Waals surface area contributed by atoms with Gasteiger partial charge in [-0.1, -0.05) is 12.1 Å². The second-order valence-electron chi connectivity index (χ2n) is 3.06. The third-order valence-corrected chi connectivity index (χ3v) is 1.86. The zero-order valence-corrected chi connectivity index (χ0v) is 8.12. The zero-order valence-electron chi connectivity index (χ0n) is 8.12. The summed E-state index contributed by atoms with van der Waals surface area (Å²) in [4.78, 5) is 10.5. The molecule has 0 saturated carbocycles. The molecule has 0 unspecified atom stereocenters. The standard InChI is InChI=1S/C10H14N2O2/c1-7-2-3-8(5-11)4-9(7)14-6-10(12)13/h2-4H,5-6,11H2,1H3,(H2,12,13). The maximum Gasteiger partial charge on any atom is 0.255 e. The van der Waals surface area contributed by atoms with Crippen LogP contribution in [-0.4, -0.2) is 12.5 Å². The molecule has 4 N–H and O–H groups in total. The molecule has 1 aromatic carbocycles. The molecule has 0 atom stereocenters. The van der Waals surface area contributed by atoms with Crippen LogP contribution in [0.1, 0.15) is 11.1 Å². The molecule has 4 heteroatoms. The SMILES string of the molecule is Cc1ccc(CN)cc1OCC(N)=O. The van der Waals surface area contributed by atoms with Gasteiger partial charge in [-0.3, -0.25) is 4.79 Å². The molecular formula is C10H14N2O2. The summed E-state index contributed by atoms with van der Waals surface area (Å²) >= 11 is 0. The van der Waals surface area contributed by atoms with Crippen molar-refractivity contribution in [2.24, 2.45) is 11.5 Å². The van der Waals surface area contributed by atoms with Crippen LogP contribution >= 0.6 is 0 Å². The summed E-state index contributed by atoms with van der Waals surface area (Å²) in [5.74, 6) is 0.175. The van der Waals surface area contributed by atoms with Crippen molar-refractivity contribution in [2.45, 2.75) is 13.5 Å². The van der Waals surface area contributed by atoms with Gasteiger partial charge in [-0.15, -0.1) is 0 Å². The van der Waals surface area contributed by atoms with E-state index in [9.17, 15) is 4.79 Å². The molecule has 1 aromatic rings. The quantitative estimate of drug-likeness (QED) is 0.724. The Morgan fingerprint density at radius 1 is 1.50 bits per heavy atom. The average Bonchev–Trinajstić information content (AvgIpc) is 2.16. The van der Waals surface area contributed by atoms with Gasteiger partial charge < -0.3 is 16.2 Å². The molecule has 4 nitrogen and oxygen atoms in total. The van der Waals surface area contributed by atoms with E-state index in [2.05, 4.69) is 0 Å². The Hall–Kier alpha value is -1.55. The summed E-state index contributed by atoms with van der Waals surface area (Å²) in [6.45, 7) is 2.25. The van der Waals surface area contributed by atoms with E-state index < -0.39 is 5.91 Å². The second kappa shape index (κ2) is 4.62. The van der Waals surface area contributed by atoms with E-state index in [4.69, 9.17) is 16.2 Å². The summed E-state index contributed by atoms with van der Waals surface area (Å²) in [6, 6.07) is 5.64. The van der Waals surface area contributed by atoms with Crippen LogP contribution in [0.3, 0.4) is 0 Å². The van der Waals surface area contributed by atoms with Gasteiger partial charge in [0.25, 0.3) is 5.91 Å². The number of benzene rings is 1. The molecule has 0 aliphatic heterocycles. The summed E-state index contributed by atoms with van der Waals surface area (Å²) in [5.41, 5.74) is 12.4. The van der Waals surface area contributed by atoms with Crippen LogP contribution in [0.2, 0.25) is 0 Å². The van der Waals surface area contributed by atoms with E-state index in [-0.39, 0.29) is 6.61 Å². The van der Waals surface area contributed by atoms with Gasteiger partial charge in [0.15, 0.2) is 6.61 Å². The predicted molar refractivity (Wildman–Crippen MR) is 53.8 cm³/mol. The van der Waals surface area contributed by atoms with Crippen molar-refractivity contribution in [3.63, 3.8) is 0 Å². The fourth-order valence-electron chi connectivity index (χ4n) is 1.08. The first kappa shape index (κ1) is 10.5. The van der Waals surface area contributed by atoms with Crippen molar-refractivity contribution in [1.82, 2.24) is 0 Å². The molecule has 1 amide bonds. The molecule has 76 valence electrons. The van der Waals surface area contributed by atoms with Crippen molar-refractivity contribution in [3.8, 4) is 5.75 Å². The van der Waals surface area contributed by atoms with Crippen LogP contribution in [-0.2, 0) is 11.3 Å². The Kier molecular flexibility index (Phi) is 3.48. The maximum atomic E-state index is 10.5. The van der Waals surface area contributed by atoms with Gasteiger partial charge in [0, 0.05) is 6.54 Å². The molecule has 0 aliphatic rings. The van der Waals surface area contributed by atoms with Crippen molar-refractivity contribution in [1.29, 1.82) is 0 Å². The molecule has 0 spiro atoms. The van der Waals surface area contributed by atoms with Crippen LogP contribution in [0.15, 0.2) is 18.2 Å². The lowest BCUT2D eigenvalue weighted by atomic mass is 10.1. The molecule has 0 saturated heterocycles. The third-order valence-electron chi connectivity index (χ3n) is 1.86. The van der Waals surface area contributed by atoms with Crippen LogP contribution in [0.25, 0.3) is 0 Å². The zero-order chi connectivity index (χ0) is 10.6. The summed E-state index contributed by atoms with van der Waals surface area (Å²) in [7, 11) is 0. The highest BCUT2D eigenvalue weighted by Crippen LogP contribution is 2.19. The summed E-state index contributed by atoms with van der Waals surface area (Å²) < 4.78 is 5.21. The number of carbonyl (C=O) groups is 1. The first-order chi connectivity index (χ1) is 6.63. The fourth-order valence-corrected chi connectivity index (χ4v) is 1.08. The van der Waals surface area contributed by atoms with Crippen LogP contribution in [0.5, 0.6) is 5.75 Å². The largest absolute Gasteiger partial charge is 0.484 e. The Bertz CT molecular complexity index is 337. The minimum Gasteiger partial charge on any atom is -0.484 e. The Balaban J connectivity index is 2.78. The monoisotopic (exact) mass is 194 g/mol. The van der Waals surface area contributed by atoms with Gasteiger partial charge in [-0.05, 0) is 24.1 Å². The van der Waals surface area contributed by atoms with E-state index in [0.29, 0.717) is 12.3 Å². The number of aryl methyl sites for hydroxylation is 1. The van der Waals surface area contributed by atoms with Gasteiger partial charge >= 0.3 is 0 Å². The molecule has 1 rings (SSSR count). The molecular weight excluding hydrogens is 180 g/mol. The molecule has 0 radical (unpaired) electrons. The topological polar surface area (TPSA) is 78.3 Å². The Morgan fingerprint density at radius 3 is 2.79 bits per heavy atom. The predicted octanol–water partition coefficient (Wildman–Crippen LogP) is 0.318. The number of amides is 1. The summed E-state index contributed by atoms with van der Waals surface area (Å²) in [6.07, 6.45) is 0. The fraction of sp³-hybridized carbons (Fsp3) is 0.300. The van der Waals surface area contributed by atoms with E-state index in [1.807, 2.05) is 25.1 Å². The lowest BCUT2D eigenvalue weighted by Crippen LogP contribution is -2.20. The van der Waals surface area contributed by atoms with Gasteiger partial charge in [-0.2, -0.15) is 0 Å². The number of primary amides is 1. The van der Waals surface area contributed by atoms with E-state index in [1.54, 1.807) is 0 Å². The highest BCUT2D eigenvalue weighted by Gasteiger charge is 2.02. The van der Waals surface area contributed by atoms with E-state index in [0.717, 1.165) is 11.1 Å². The van der Waals surface area contributed by atoms with Gasteiger partial charge in [-0.25, -0.2) is 0 Å². The summed E-state index contributed by atoms with van der Waals surface area (Å²) in [5, 5.41) is 0. The molecule has 14 heavy (non-hydrogen) atoms. The van der Waals surface area contributed by atoms with E-state index in [1.165, 1.54) is 0 Å². The highest BCUT2D eigenvalue weighted by atomic mass is 16.5. The number of ether oxygens (including phenoxy) is 1. The lowest BCUT2D eigenvalue weighted by Gasteiger charge is -2.08. The first-order valence-electron chi connectivity index (χ1n) is 4.34. The van der Waals surface area contributed by atoms with Crippen LogP contribution in [0, 0.1) is 6.92 Å². The second-order valence-corrected chi connectivity index (χ2v) is 3.06. The molecule has 0 fully saturated rings. The lowest BCUT2D eigenvalue weighted by molar-refractivity contribution is -0.119. The molecule has 0 bridgehead atoms. The highest BCUT2D eigenvalue weighted by molar-refractivity contribution is 5.75. The van der Waals surface area contributed by atoms with Crippen molar-refractivity contribution in [2.75, 3.05) is 6.61 Å². The minimum absolute atomic E-state index is 0.102. The smallest absolute Gasteiger partial charge is 0.255 e. The van der Waals surface area contributed by atoms with Gasteiger partial charge in [0.1, 0.15) is 5.75 Å². The Morgan fingerprint density at radius 2 is 2.21 bits per heavy atom. The third kappa shape index (κ3) is 2.74. The number of hydrogen-bond donors (Lipinski definition) is 2. The van der Waals surface area contributed by atoms with Crippen LogP contribution in [0.4, 0.5) is 0 Å². The Labute approximate surface area is 82.8 Å². The van der Waals surface area contributed by atoms with Crippen molar-refractivity contribution < 1.29 is 9.53 Å². The van der Waals surface area contributed by atoms with Gasteiger partial charge in [0.05, 0.1) is 0 Å². The van der Waals surface area contributed by atoms with Crippen molar-refractivity contribution >= 4 is 5.91 Å². The van der Waals surface area contributed by atoms with E-state index >= 15 is 0 Å². The average molecular weight is 194 g/mol. The molecule has 0 aliphatic carbocycles. The normalized spacial score (nSPS) is 9.86.